The second-order valence-corrected chi connectivity index (χ2v) is 4.65. The molecule has 1 heterocycles. The van der Waals surface area contributed by atoms with Crippen LogP contribution in [0.2, 0.25) is 0 Å². The van der Waals surface area contributed by atoms with Gasteiger partial charge in [-0.2, -0.15) is 10.5 Å². The lowest BCUT2D eigenvalue weighted by Gasteiger charge is -2.26. The Morgan fingerprint density at radius 3 is 2.47 bits per heavy atom. The molecule has 1 N–H and O–H groups in total. The third-order valence-corrected chi connectivity index (χ3v) is 3.39. The van der Waals surface area contributed by atoms with Crippen molar-refractivity contribution in [2.45, 2.75) is 31.7 Å². The number of carbonyl (C=O) groups is 1. The van der Waals surface area contributed by atoms with Gasteiger partial charge in [0.1, 0.15) is 0 Å². The van der Waals surface area contributed by atoms with Crippen molar-refractivity contribution in [3.05, 3.63) is 0 Å². The highest BCUT2D eigenvalue weighted by molar-refractivity contribution is 5.78. The van der Waals surface area contributed by atoms with E-state index in [1.807, 2.05) is 17.0 Å². The highest BCUT2D eigenvalue weighted by Crippen LogP contribution is 2.16. The molecule has 1 atom stereocenters. The lowest BCUT2D eigenvalue weighted by atomic mass is 10.2. The average molecular weight is 264 g/mol. The van der Waals surface area contributed by atoms with Crippen molar-refractivity contribution in [3.8, 4) is 12.1 Å². The van der Waals surface area contributed by atoms with Crippen LogP contribution in [0.4, 0.5) is 0 Å². The molecular weight excluding hydrogens is 244 g/mol. The van der Waals surface area contributed by atoms with Gasteiger partial charge in [-0.3, -0.25) is 9.69 Å². The van der Waals surface area contributed by atoms with E-state index in [4.69, 9.17) is 10.5 Å². The summed E-state index contributed by atoms with van der Waals surface area (Å²) in [5, 5.41) is 26.4. The van der Waals surface area contributed by atoms with Gasteiger partial charge in [-0.05, 0) is 19.4 Å². The molecule has 0 spiro atoms. The molecule has 1 rings (SSSR count). The Bertz CT molecular complexity index is 354. The summed E-state index contributed by atoms with van der Waals surface area (Å²) < 4.78 is 0. The van der Waals surface area contributed by atoms with Crippen molar-refractivity contribution in [2.75, 3.05) is 32.8 Å². The van der Waals surface area contributed by atoms with Crippen LogP contribution in [0.15, 0.2) is 0 Å². The molecule has 0 aromatic heterocycles. The molecule has 0 unspecified atom stereocenters. The highest BCUT2D eigenvalue weighted by atomic mass is 16.3. The predicted octanol–water partition coefficient (Wildman–Crippen LogP) is 0.0991. The van der Waals surface area contributed by atoms with Crippen LogP contribution in [0.3, 0.4) is 0 Å². The minimum atomic E-state index is -0.0640. The molecule has 1 fully saturated rings. The zero-order valence-electron chi connectivity index (χ0n) is 11.1. The largest absolute Gasteiger partial charge is 0.395 e. The predicted molar refractivity (Wildman–Crippen MR) is 68.7 cm³/mol. The number of amides is 1. The van der Waals surface area contributed by atoms with E-state index in [9.17, 15) is 9.90 Å². The van der Waals surface area contributed by atoms with Crippen LogP contribution in [-0.4, -0.2) is 59.6 Å². The van der Waals surface area contributed by atoms with Crippen molar-refractivity contribution in [2.24, 2.45) is 0 Å². The lowest BCUT2D eigenvalue weighted by molar-refractivity contribution is -0.132. The van der Waals surface area contributed by atoms with Gasteiger partial charge in [0, 0.05) is 19.1 Å². The van der Waals surface area contributed by atoms with Crippen LogP contribution in [0.25, 0.3) is 0 Å². The molecule has 6 nitrogen and oxygen atoms in total. The Labute approximate surface area is 113 Å². The summed E-state index contributed by atoms with van der Waals surface area (Å²) in [6.45, 7) is 1.90. The number of hydrogen-bond acceptors (Lipinski definition) is 5. The topological polar surface area (TPSA) is 91.4 Å². The third-order valence-electron chi connectivity index (χ3n) is 3.39. The van der Waals surface area contributed by atoms with Crippen molar-refractivity contribution in [1.82, 2.24) is 9.80 Å². The Hall–Kier alpha value is -1.63. The Balaban J connectivity index is 2.50. The zero-order chi connectivity index (χ0) is 14.1. The Kier molecular flexibility index (Phi) is 6.88. The van der Waals surface area contributed by atoms with Crippen LogP contribution in [0.1, 0.15) is 25.7 Å². The van der Waals surface area contributed by atoms with Crippen molar-refractivity contribution in [3.63, 3.8) is 0 Å². The smallest absolute Gasteiger partial charge is 0.236 e. The van der Waals surface area contributed by atoms with Crippen molar-refractivity contribution >= 4 is 5.91 Å². The summed E-state index contributed by atoms with van der Waals surface area (Å²) in [7, 11) is 0. The highest BCUT2D eigenvalue weighted by Gasteiger charge is 2.27. The normalized spacial score (nSPS) is 18.8. The van der Waals surface area contributed by atoms with Gasteiger partial charge in [-0.25, -0.2) is 0 Å². The number of aliphatic hydroxyl groups is 1. The Morgan fingerprint density at radius 2 is 1.95 bits per heavy atom. The van der Waals surface area contributed by atoms with E-state index < -0.39 is 0 Å². The number of aliphatic hydroxyl groups excluding tert-OH is 1. The van der Waals surface area contributed by atoms with Gasteiger partial charge in [0.05, 0.1) is 38.1 Å². The van der Waals surface area contributed by atoms with Gasteiger partial charge in [0.2, 0.25) is 5.91 Å². The molecule has 0 aliphatic carbocycles. The SMILES string of the molecule is N#CCCN(CCC#N)C(=O)CN1CCC[C@@H]1CO. The fourth-order valence-electron chi connectivity index (χ4n) is 2.31. The number of nitrogens with zero attached hydrogens (tertiary/aromatic N) is 4. The summed E-state index contributed by atoms with van der Waals surface area (Å²) in [6.07, 6.45) is 2.47. The van der Waals surface area contributed by atoms with Gasteiger partial charge in [0.15, 0.2) is 0 Å². The van der Waals surface area contributed by atoms with Gasteiger partial charge >= 0.3 is 0 Å². The molecular formula is C13H20N4O2. The van der Waals surface area contributed by atoms with E-state index in [2.05, 4.69) is 0 Å². The number of carbonyl (C=O) groups excluding carboxylic acids is 1. The number of hydrogen-bond donors (Lipinski definition) is 1. The van der Waals surface area contributed by atoms with Crippen LogP contribution < -0.4 is 0 Å². The summed E-state index contributed by atoms with van der Waals surface area (Å²) in [4.78, 5) is 15.7. The number of nitriles is 2. The molecule has 1 aliphatic rings. The number of likely N-dealkylation sites (tertiary alicyclic amines) is 1. The van der Waals surface area contributed by atoms with E-state index in [-0.39, 0.29) is 37.9 Å². The summed E-state index contributed by atoms with van der Waals surface area (Å²) in [5.74, 6) is -0.0640. The summed E-state index contributed by atoms with van der Waals surface area (Å²) in [5.41, 5.74) is 0. The van der Waals surface area contributed by atoms with Crippen LogP contribution in [0.5, 0.6) is 0 Å². The molecule has 0 saturated carbocycles. The van der Waals surface area contributed by atoms with Crippen molar-refractivity contribution in [1.29, 1.82) is 10.5 Å². The maximum Gasteiger partial charge on any atom is 0.236 e. The maximum atomic E-state index is 12.2. The Morgan fingerprint density at radius 1 is 1.32 bits per heavy atom. The molecule has 1 aliphatic heterocycles. The zero-order valence-corrected chi connectivity index (χ0v) is 11.1. The molecule has 0 aromatic carbocycles. The van der Waals surface area contributed by atoms with E-state index in [1.54, 1.807) is 4.90 Å². The van der Waals surface area contributed by atoms with Gasteiger partial charge in [0.25, 0.3) is 0 Å². The van der Waals surface area contributed by atoms with Crippen LogP contribution >= 0.6 is 0 Å². The molecule has 0 aromatic rings. The minimum Gasteiger partial charge on any atom is -0.395 e. The fraction of sp³-hybridized carbons (Fsp3) is 0.769. The first-order chi connectivity index (χ1) is 9.22. The van der Waals surface area contributed by atoms with Gasteiger partial charge in [-0.15, -0.1) is 0 Å². The first-order valence-electron chi connectivity index (χ1n) is 6.59. The second-order valence-electron chi connectivity index (χ2n) is 4.65. The van der Waals surface area contributed by atoms with E-state index >= 15 is 0 Å². The van der Waals surface area contributed by atoms with Gasteiger partial charge < -0.3 is 10.0 Å². The average Bonchev–Trinajstić information content (AvgIpc) is 2.86. The summed E-state index contributed by atoms with van der Waals surface area (Å²) >= 11 is 0. The quantitative estimate of drug-likeness (QED) is 0.704. The van der Waals surface area contributed by atoms with Crippen LogP contribution in [0, 0.1) is 22.7 Å². The van der Waals surface area contributed by atoms with E-state index in [1.165, 1.54) is 0 Å². The molecule has 0 radical (unpaired) electrons. The minimum absolute atomic E-state index is 0.0640. The van der Waals surface area contributed by atoms with Crippen LogP contribution in [-0.2, 0) is 4.79 Å². The molecule has 19 heavy (non-hydrogen) atoms. The number of rotatable bonds is 7. The monoisotopic (exact) mass is 264 g/mol. The van der Waals surface area contributed by atoms with E-state index in [0.29, 0.717) is 13.1 Å². The van der Waals surface area contributed by atoms with Gasteiger partial charge in [-0.1, -0.05) is 0 Å². The fourth-order valence-corrected chi connectivity index (χ4v) is 2.31. The summed E-state index contributed by atoms with van der Waals surface area (Å²) in [6, 6.07) is 4.09. The molecule has 6 heteroatoms. The lowest BCUT2D eigenvalue weighted by Crippen LogP contribution is -2.43. The third kappa shape index (κ3) is 4.86. The molecule has 104 valence electrons. The molecule has 1 saturated heterocycles. The second kappa shape index (κ2) is 8.47. The molecule has 0 bridgehead atoms. The maximum absolute atomic E-state index is 12.2. The first kappa shape index (κ1) is 15.4. The first-order valence-corrected chi connectivity index (χ1v) is 6.59. The van der Waals surface area contributed by atoms with Crippen molar-refractivity contribution < 1.29 is 9.90 Å². The standard InChI is InChI=1S/C13H20N4O2/c14-5-2-8-16(9-3-6-15)13(19)10-17-7-1-4-12(17)11-18/h12,18H,1-4,7-11H2/t12-/m1/s1. The molecule has 1 amide bonds. The van der Waals surface area contributed by atoms with E-state index in [0.717, 1.165) is 19.4 Å².